The van der Waals surface area contributed by atoms with Crippen LogP contribution in [0.1, 0.15) is 17.3 Å². The third-order valence-corrected chi connectivity index (χ3v) is 3.13. The first-order valence-electron chi connectivity index (χ1n) is 7.48. The number of hydrogen-bond donors (Lipinski definition) is 1. The molecular formula is C17H18N2O5. The first kappa shape index (κ1) is 17.3. The van der Waals surface area contributed by atoms with Gasteiger partial charge in [0.05, 0.1) is 18.1 Å². The zero-order valence-corrected chi connectivity index (χ0v) is 13.2. The summed E-state index contributed by atoms with van der Waals surface area (Å²) in [5.41, 5.74) is 0.312. The summed E-state index contributed by atoms with van der Waals surface area (Å²) in [5.74, 6) is 1.15. The Morgan fingerprint density at radius 1 is 1.04 bits per heavy atom. The van der Waals surface area contributed by atoms with Crippen molar-refractivity contribution in [2.75, 3.05) is 19.8 Å². The molecule has 7 heteroatoms. The molecule has 0 aromatic heterocycles. The SMILES string of the molecule is CCOc1ccc(OCCNC(=O)c2ccc([N+](=O)[O-])cc2)cc1. The number of nitrogens with zero attached hydrogens (tertiary/aromatic N) is 1. The van der Waals surface area contributed by atoms with Crippen molar-refractivity contribution in [1.82, 2.24) is 5.32 Å². The number of benzene rings is 2. The Morgan fingerprint density at radius 3 is 2.17 bits per heavy atom. The molecule has 0 aliphatic carbocycles. The van der Waals surface area contributed by atoms with Gasteiger partial charge in [-0.1, -0.05) is 0 Å². The van der Waals surface area contributed by atoms with Crippen molar-refractivity contribution < 1.29 is 19.2 Å². The topological polar surface area (TPSA) is 90.7 Å². The van der Waals surface area contributed by atoms with Crippen LogP contribution in [0.4, 0.5) is 5.69 Å². The van der Waals surface area contributed by atoms with Crippen LogP contribution in [-0.2, 0) is 0 Å². The van der Waals surface area contributed by atoms with Crippen LogP contribution in [0, 0.1) is 10.1 Å². The van der Waals surface area contributed by atoms with Crippen molar-refractivity contribution in [1.29, 1.82) is 0 Å². The van der Waals surface area contributed by atoms with E-state index in [-0.39, 0.29) is 11.6 Å². The van der Waals surface area contributed by atoms with Gasteiger partial charge in [0.1, 0.15) is 18.1 Å². The van der Waals surface area contributed by atoms with E-state index in [1.807, 2.05) is 19.1 Å². The number of rotatable bonds is 8. The third kappa shape index (κ3) is 4.98. The summed E-state index contributed by atoms with van der Waals surface area (Å²) in [4.78, 5) is 22.0. The molecule has 0 atom stereocenters. The molecule has 0 saturated carbocycles. The average molecular weight is 330 g/mol. The Hall–Kier alpha value is -3.09. The Kier molecular flexibility index (Phi) is 6.13. The molecule has 0 aliphatic rings. The number of nitro benzene ring substituents is 1. The van der Waals surface area contributed by atoms with E-state index in [4.69, 9.17) is 9.47 Å². The van der Waals surface area contributed by atoms with Gasteiger partial charge in [-0.3, -0.25) is 14.9 Å². The van der Waals surface area contributed by atoms with E-state index in [0.29, 0.717) is 31.1 Å². The van der Waals surface area contributed by atoms with Crippen molar-refractivity contribution in [3.63, 3.8) is 0 Å². The number of carbonyl (C=O) groups excluding carboxylic acids is 1. The Morgan fingerprint density at radius 2 is 1.62 bits per heavy atom. The van der Waals surface area contributed by atoms with Gasteiger partial charge in [0.25, 0.3) is 11.6 Å². The van der Waals surface area contributed by atoms with Crippen LogP contribution < -0.4 is 14.8 Å². The minimum atomic E-state index is -0.508. The summed E-state index contributed by atoms with van der Waals surface area (Å²) >= 11 is 0. The van der Waals surface area contributed by atoms with Gasteiger partial charge in [-0.25, -0.2) is 0 Å². The summed E-state index contributed by atoms with van der Waals surface area (Å²) in [6.07, 6.45) is 0. The van der Waals surface area contributed by atoms with E-state index < -0.39 is 4.92 Å². The quantitative estimate of drug-likeness (QED) is 0.456. The maximum Gasteiger partial charge on any atom is 0.269 e. The number of carbonyl (C=O) groups is 1. The highest BCUT2D eigenvalue weighted by Gasteiger charge is 2.08. The van der Waals surface area contributed by atoms with Crippen LogP contribution in [-0.4, -0.2) is 30.6 Å². The van der Waals surface area contributed by atoms with Crippen molar-refractivity contribution in [2.45, 2.75) is 6.92 Å². The third-order valence-electron chi connectivity index (χ3n) is 3.13. The van der Waals surface area contributed by atoms with Crippen LogP contribution in [0.2, 0.25) is 0 Å². The van der Waals surface area contributed by atoms with Crippen LogP contribution >= 0.6 is 0 Å². The second-order valence-corrected chi connectivity index (χ2v) is 4.81. The van der Waals surface area contributed by atoms with Gasteiger partial charge in [-0.05, 0) is 43.3 Å². The maximum absolute atomic E-state index is 11.9. The van der Waals surface area contributed by atoms with Crippen molar-refractivity contribution in [2.24, 2.45) is 0 Å². The summed E-state index contributed by atoms with van der Waals surface area (Å²) < 4.78 is 10.9. The lowest BCUT2D eigenvalue weighted by molar-refractivity contribution is -0.384. The summed E-state index contributed by atoms with van der Waals surface area (Å²) in [6, 6.07) is 12.6. The van der Waals surface area contributed by atoms with Crippen molar-refractivity contribution >= 4 is 11.6 Å². The lowest BCUT2D eigenvalue weighted by Crippen LogP contribution is -2.28. The summed E-state index contributed by atoms with van der Waals surface area (Å²) in [7, 11) is 0. The molecule has 1 N–H and O–H groups in total. The Bertz CT molecular complexity index is 683. The molecule has 0 bridgehead atoms. The minimum absolute atomic E-state index is 0.0506. The van der Waals surface area contributed by atoms with Crippen LogP contribution in [0.15, 0.2) is 48.5 Å². The van der Waals surface area contributed by atoms with Crippen LogP contribution in [0.3, 0.4) is 0 Å². The predicted octanol–water partition coefficient (Wildman–Crippen LogP) is 2.80. The molecule has 24 heavy (non-hydrogen) atoms. The molecule has 0 spiro atoms. The average Bonchev–Trinajstić information content (AvgIpc) is 2.60. The predicted molar refractivity (Wildman–Crippen MR) is 88.5 cm³/mol. The van der Waals surface area contributed by atoms with Gasteiger partial charge in [-0.2, -0.15) is 0 Å². The first-order chi connectivity index (χ1) is 11.6. The number of non-ortho nitro benzene ring substituents is 1. The van der Waals surface area contributed by atoms with E-state index in [9.17, 15) is 14.9 Å². The molecule has 2 aromatic carbocycles. The van der Waals surface area contributed by atoms with E-state index in [2.05, 4.69) is 5.32 Å². The molecule has 0 fully saturated rings. The normalized spacial score (nSPS) is 10.0. The second-order valence-electron chi connectivity index (χ2n) is 4.81. The van der Waals surface area contributed by atoms with Crippen molar-refractivity contribution in [3.8, 4) is 11.5 Å². The van der Waals surface area contributed by atoms with Gasteiger partial charge >= 0.3 is 0 Å². The number of amides is 1. The number of hydrogen-bond acceptors (Lipinski definition) is 5. The van der Waals surface area contributed by atoms with Gasteiger partial charge in [-0.15, -0.1) is 0 Å². The molecule has 2 rings (SSSR count). The second kappa shape index (κ2) is 8.52. The highest BCUT2D eigenvalue weighted by Crippen LogP contribution is 2.17. The molecular weight excluding hydrogens is 312 g/mol. The molecule has 7 nitrogen and oxygen atoms in total. The zero-order chi connectivity index (χ0) is 17.4. The Balaban J connectivity index is 1.75. The first-order valence-corrected chi connectivity index (χ1v) is 7.48. The van der Waals surface area contributed by atoms with E-state index in [0.717, 1.165) is 5.75 Å². The fourth-order valence-electron chi connectivity index (χ4n) is 1.97. The minimum Gasteiger partial charge on any atom is -0.494 e. The summed E-state index contributed by atoms with van der Waals surface area (Å²) in [6.45, 7) is 3.16. The van der Waals surface area contributed by atoms with Crippen molar-refractivity contribution in [3.05, 3.63) is 64.2 Å². The molecule has 0 radical (unpaired) electrons. The maximum atomic E-state index is 11.9. The fraction of sp³-hybridized carbons (Fsp3) is 0.235. The standard InChI is InChI=1S/C17H18N2O5/c1-2-23-15-7-9-16(10-8-15)24-12-11-18-17(20)13-3-5-14(6-4-13)19(21)22/h3-10H,2,11-12H2,1H3,(H,18,20). The smallest absolute Gasteiger partial charge is 0.269 e. The summed E-state index contributed by atoms with van der Waals surface area (Å²) in [5, 5.41) is 13.3. The number of nitrogens with one attached hydrogen (secondary N) is 1. The molecule has 126 valence electrons. The van der Waals surface area contributed by atoms with E-state index >= 15 is 0 Å². The molecule has 0 unspecified atom stereocenters. The van der Waals surface area contributed by atoms with Gasteiger partial charge in [0.2, 0.25) is 0 Å². The van der Waals surface area contributed by atoms with Gasteiger partial charge in [0.15, 0.2) is 0 Å². The van der Waals surface area contributed by atoms with E-state index in [1.165, 1.54) is 24.3 Å². The van der Waals surface area contributed by atoms with Crippen LogP contribution in [0.5, 0.6) is 11.5 Å². The monoisotopic (exact) mass is 330 g/mol. The lowest BCUT2D eigenvalue weighted by atomic mass is 10.2. The van der Waals surface area contributed by atoms with E-state index in [1.54, 1.807) is 12.1 Å². The molecule has 1 amide bonds. The molecule has 0 heterocycles. The number of ether oxygens (including phenoxy) is 2. The zero-order valence-electron chi connectivity index (χ0n) is 13.2. The lowest BCUT2D eigenvalue weighted by Gasteiger charge is -2.09. The van der Waals surface area contributed by atoms with Gasteiger partial charge < -0.3 is 14.8 Å². The highest BCUT2D eigenvalue weighted by atomic mass is 16.6. The number of nitro groups is 1. The Labute approximate surface area is 139 Å². The molecule has 2 aromatic rings. The molecule has 0 saturated heterocycles. The van der Waals surface area contributed by atoms with Gasteiger partial charge in [0, 0.05) is 17.7 Å². The van der Waals surface area contributed by atoms with Crippen LogP contribution in [0.25, 0.3) is 0 Å². The fourth-order valence-corrected chi connectivity index (χ4v) is 1.97. The highest BCUT2D eigenvalue weighted by molar-refractivity contribution is 5.94. The largest absolute Gasteiger partial charge is 0.494 e. The molecule has 0 aliphatic heterocycles.